The van der Waals surface area contributed by atoms with Gasteiger partial charge in [-0.1, -0.05) is 18.2 Å². The van der Waals surface area contributed by atoms with Gasteiger partial charge in [0.1, 0.15) is 12.3 Å². The maximum atomic E-state index is 12.2. The summed E-state index contributed by atoms with van der Waals surface area (Å²) in [6.45, 7) is 0.752. The summed E-state index contributed by atoms with van der Waals surface area (Å²) in [6, 6.07) is 7.57. The normalized spacial score (nSPS) is 23.7. The minimum Gasteiger partial charge on any atom is -0.376 e. The summed E-state index contributed by atoms with van der Waals surface area (Å²) in [6.07, 6.45) is -1.12. The van der Waals surface area contributed by atoms with E-state index in [-0.39, 0.29) is 5.91 Å². The Hall–Kier alpha value is -1.92. The summed E-state index contributed by atoms with van der Waals surface area (Å²) in [7, 11) is 0. The Morgan fingerprint density at radius 3 is 2.61 bits per heavy atom. The second kappa shape index (κ2) is 5.16. The zero-order valence-electron chi connectivity index (χ0n) is 9.74. The van der Waals surface area contributed by atoms with E-state index in [0.29, 0.717) is 18.7 Å². The zero-order chi connectivity index (χ0) is 13.1. The van der Waals surface area contributed by atoms with Crippen molar-refractivity contribution in [2.75, 3.05) is 13.1 Å². The summed E-state index contributed by atoms with van der Waals surface area (Å²) in [4.78, 5) is 24.9. The Bertz CT molecular complexity index is 449. The molecule has 2 unspecified atom stereocenters. The van der Waals surface area contributed by atoms with E-state index in [0.717, 1.165) is 0 Å². The number of amides is 2. The van der Waals surface area contributed by atoms with Gasteiger partial charge < -0.3 is 15.7 Å². The molecule has 1 aromatic carbocycles. The minimum absolute atomic E-state index is 0.306. The van der Waals surface area contributed by atoms with Crippen LogP contribution in [0, 0.1) is 0 Å². The molecule has 18 heavy (non-hydrogen) atoms. The topological polar surface area (TPSA) is 95.7 Å². The molecule has 2 atom stereocenters. The summed E-state index contributed by atoms with van der Waals surface area (Å²) in [5.41, 5.74) is 5.70. The lowest BCUT2D eigenvalue weighted by atomic mass is 10.1. The molecular formula is C12H15N3O3. The largest absolute Gasteiger partial charge is 0.376 e. The number of nitrogens with two attached hydrogens (primary N) is 1. The van der Waals surface area contributed by atoms with Gasteiger partial charge in [0.15, 0.2) is 0 Å². The van der Waals surface area contributed by atoms with Crippen molar-refractivity contribution in [2.45, 2.75) is 12.3 Å². The number of aliphatic hydroxyl groups is 1. The van der Waals surface area contributed by atoms with Crippen LogP contribution in [0.3, 0.4) is 0 Å². The van der Waals surface area contributed by atoms with Crippen LogP contribution in [0.4, 0.5) is 0 Å². The van der Waals surface area contributed by atoms with Gasteiger partial charge in [0.25, 0.3) is 5.91 Å². The van der Waals surface area contributed by atoms with E-state index in [1.165, 1.54) is 4.90 Å². The molecule has 1 aliphatic heterocycles. The first-order valence-corrected chi connectivity index (χ1v) is 5.68. The molecule has 96 valence electrons. The summed E-state index contributed by atoms with van der Waals surface area (Å²) in [5, 5.41) is 12.4. The highest BCUT2D eigenvalue weighted by Crippen LogP contribution is 2.13. The monoisotopic (exact) mass is 249 g/mol. The number of carbonyl (C=O) groups is 2. The third kappa shape index (κ3) is 2.34. The molecule has 0 aliphatic carbocycles. The number of hydrogen-bond donors (Lipinski definition) is 3. The molecule has 0 bridgehead atoms. The Kier molecular flexibility index (Phi) is 3.59. The minimum atomic E-state index is -1.12. The Labute approximate surface area is 104 Å². The number of hydrogen-bond acceptors (Lipinski definition) is 4. The number of benzene rings is 1. The van der Waals surface area contributed by atoms with Crippen molar-refractivity contribution in [3.05, 3.63) is 35.9 Å². The summed E-state index contributed by atoms with van der Waals surface area (Å²) >= 11 is 0. The molecule has 0 spiro atoms. The van der Waals surface area contributed by atoms with Gasteiger partial charge in [-0.2, -0.15) is 0 Å². The van der Waals surface area contributed by atoms with Crippen molar-refractivity contribution >= 4 is 11.8 Å². The van der Waals surface area contributed by atoms with E-state index in [1.54, 1.807) is 30.3 Å². The third-order valence-corrected chi connectivity index (χ3v) is 2.91. The lowest BCUT2D eigenvalue weighted by Crippen LogP contribution is -2.64. The van der Waals surface area contributed by atoms with Crippen LogP contribution in [-0.2, 0) is 4.79 Å². The highest BCUT2D eigenvalue weighted by molar-refractivity contribution is 5.97. The number of piperazine rings is 1. The molecule has 0 aromatic heterocycles. The fourth-order valence-electron chi connectivity index (χ4n) is 2.04. The highest BCUT2D eigenvalue weighted by Gasteiger charge is 2.37. The molecule has 1 heterocycles. The average molecular weight is 249 g/mol. The Morgan fingerprint density at radius 2 is 2.00 bits per heavy atom. The predicted molar refractivity (Wildman–Crippen MR) is 64.5 cm³/mol. The molecule has 2 amide bonds. The fourth-order valence-corrected chi connectivity index (χ4v) is 2.04. The molecule has 2 rings (SSSR count). The molecule has 1 aliphatic rings. The van der Waals surface area contributed by atoms with Crippen LogP contribution in [0.15, 0.2) is 30.3 Å². The number of nitrogens with zero attached hydrogens (tertiary/aromatic N) is 1. The molecule has 1 saturated heterocycles. The van der Waals surface area contributed by atoms with Gasteiger partial charge in [0.05, 0.1) is 0 Å². The van der Waals surface area contributed by atoms with Gasteiger partial charge >= 0.3 is 0 Å². The van der Waals surface area contributed by atoms with Crippen molar-refractivity contribution in [1.29, 1.82) is 0 Å². The molecule has 6 heteroatoms. The van der Waals surface area contributed by atoms with E-state index in [9.17, 15) is 14.7 Å². The highest BCUT2D eigenvalue weighted by atomic mass is 16.3. The molecular weight excluding hydrogens is 234 g/mol. The van der Waals surface area contributed by atoms with E-state index in [2.05, 4.69) is 5.32 Å². The van der Waals surface area contributed by atoms with Gasteiger partial charge in [-0.05, 0) is 12.1 Å². The lowest BCUT2D eigenvalue weighted by Gasteiger charge is -2.37. The lowest BCUT2D eigenvalue weighted by molar-refractivity contribution is -0.128. The van der Waals surface area contributed by atoms with Crippen molar-refractivity contribution in [2.24, 2.45) is 5.73 Å². The number of aliphatic hydroxyl groups excluding tert-OH is 1. The van der Waals surface area contributed by atoms with Crippen molar-refractivity contribution < 1.29 is 14.7 Å². The summed E-state index contributed by atoms with van der Waals surface area (Å²) in [5.74, 6) is -1.03. The zero-order valence-corrected chi connectivity index (χ0v) is 9.74. The Morgan fingerprint density at radius 1 is 1.33 bits per heavy atom. The number of primary amides is 1. The molecule has 4 N–H and O–H groups in total. The first-order valence-electron chi connectivity index (χ1n) is 5.68. The van der Waals surface area contributed by atoms with Gasteiger partial charge in [0, 0.05) is 18.7 Å². The molecule has 1 aromatic rings. The van der Waals surface area contributed by atoms with Crippen LogP contribution in [0.5, 0.6) is 0 Å². The fraction of sp³-hybridized carbons (Fsp3) is 0.333. The smallest absolute Gasteiger partial charge is 0.254 e. The van der Waals surface area contributed by atoms with Crippen LogP contribution in [0.25, 0.3) is 0 Å². The maximum absolute atomic E-state index is 12.2. The number of nitrogens with one attached hydrogen (secondary N) is 1. The van der Waals surface area contributed by atoms with Crippen molar-refractivity contribution in [3.63, 3.8) is 0 Å². The molecule has 0 radical (unpaired) electrons. The van der Waals surface area contributed by atoms with Crippen LogP contribution >= 0.6 is 0 Å². The van der Waals surface area contributed by atoms with E-state index < -0.39 is 18.2 Å². The molecule has 6 nitrogen and oxygen atoms in total. The SMILES string of the molecule is NC(=O)C1C(O)NCCN1C(=O)c1ccccc1. The molecule has 0 saturated carbocycles. The van der Waals surface area contributed by atoms with Gasteiger partial charge in [-0.3, -0.25) is 14.9 Å². The number of carbonyl (C=O) groups excluding carboxylic acids is 2. The maximum Gasteiger partial charge on any atom is 0.254 e. The van der Waals surface area contributed by atoms with E-state index >= 15 is 0 Å². The van der Waals surface area contributed by atoms with Crippen LogP contribution in [-0.4, -0.2) is 47.2 Å². The average Bonchev–Trinajstić information content (AvgIpc) is 2.38. The Balaban J connectivity index is 2.25. The third-order valence-electron chi connectivity index (χ3n) is 2.91. The van der Waals surface area contributed by atoms with Crippen LogP contribution in [0.1, 0.15) is 10.4 Å². The summed E-state index contributed by atoms with van der Waals surface area (Å²) < 4.78 is 0. The van der Waals surface area contributed by atoms with Gasteiger partial charge in [0.2, 0.25) is 5.91 Å². The van der Waals surface area contributed by atoms with Gasteiger partial charge in [-0.25, -0.2) is 0 Å². The second-order valence-electron chi connectivity index (χ2n) is 4.11. The first-order chi connectivity index (χ1) is 8.61. The van der Waals surface area contributed by atoms with E-state index in [1.807, 2.05) is 0 Å². The molecule has 1 fully saturated rings. The standard InChI is InChI=1S/C12H15N3O3/c13-10(16)9-11(17)14-6-7-15(9)12(18)8-4-2-1-3-5-8/h1-5,9,11,14,17H,6-7H2,(H2,13,16). The second-order valence-corrected chi connectivity index (χ2v) is 4.11. The van der Waals surface area contributed by atoms with Crippen molar-refractivity contribution in [3.8, 4) is 0 Å². The van der Waals surface area contributed by atoms with Crippen molar-refractivity contribution in [1.82, 2.24) is 10.2 Å². The van der Waals surface area contributed by atoms with Crippen LogP contribution in [0.2, 0.25) is 0 Å². The van der Waals surface area contributed by atoms with Gasteiger partial charge in [-0.15, -0.1) is 0 Å². The quantitative estimate of drug-likeness (QED) is 0.620. The predicted octanol–water partition coefficient (Wildman–Crippen LogP) is -1.10. The number of rotatable bonds is 2. The van der Waals surface area contributed by atoms with Crippen LogP contribution < -0.4 is 11.1 Å². The van der Waals surface area contributed by atoms with E-state index in [4.69, 9.17) is 5.73 Å². The first kappa shape index (κ1) is 12.5.